The molecule has 0 spiro atoms. The van der Waals surface area contributed by atoms with Crippen molar-refractivity contribution in [1.82, 2.24) is 14.8 Å². The van der Waals surface area contributed by atoms with E-state index in [0.717, 1.165) is 5.56 Å². The summed E-state index contributed by atoms with van der Waals surface area (Å²) in [4.78, 5) is 12.2. The molecule has 7 nitrogen and oxygen atoms in total. The molecule has 146 valence electrons. The van der Waals surface area contributed by atoms with Gasteiger partial charge in [-0.1, -0.05) is 29.4 Å². The Balaban J connectivity index is 1.69. The first-order chi connectivity index (χ1) is 13.5. The quantitative estimate of drug-likeness (QED) is 0.586. The Bertz CT molecular complexity index is 993. The fraction of sp³-hybridized carbons (Fsp3) is 0.211. The van der Waals surface area contributed by atoms with E-state index in [9.17, 15) is 4.79 Å². The number of methoxy groups -OCH3 is 2. The standard InChI is InChI=1S/C19H19ClN4O3S/c1-24-18(12-7-8-15(26-2)16(9-12)27-3)22-23-19(24)28-11-17(25)21-14-6-4-5-13(20)10-14/h4-10H,11H2,1-3H3,(H,21,25). The molecule has 0 aliphatic heterocycles. The second kappa shape index (κ2) is 8.99. The van der Waals surface area contributed by atoms with E-state index in [0.29, 0.717) is 33.2 Å². The number of nitrogens with one attached hydrogen (secondary N) is 1. The second-order valence-corrected chi connectivity index (χ2v) is 7.16. The lowest BCUT2D eigenvalue weighted by Crippen LogP contribution is -2.14. The summed E-state index contributed by atoms with van der Waals surface area (Å²) in [6, 6.07) is 12.5. The Labute approximate surface area is 172 Å². The summed E-state index contributed by atoms with van der Waals surface area (Å²) in [5.74, 6) is 1.96. The molecule has 0 saturated heterocycles. The van der Waals surface area contributed by atoms with Crippen molar-refractivity contribution in [2.75, 3.05) is 25.3 Å². The van der Waals surface area contributed by atoms with Crippen molar-refractivity contribution in [2.24, 2.45) is 7.05 Å². The predicted octanol–water partition coefficient (Wildman–Crippen LogP) is 3.88. The highest BCUT2D eigenvalue weighted by atomic mass is 35.5. The van der Waals surface area contributed by atoms with Gasteiger partial charge in [-0.05, 0) is 36.4 Å². The van der Waals surface area contributed by atoms with Gasteiger partial charge >= 0.3 is 0 Å². The number of nitrogens with zero attached hydrogens (tertiary/aromatic N) is 3. The molecule has 2 aromatic carbocycles. The molecule has 0 radical (unpaired) electrons. The largest absolute Gasteiger partial charge is 0.493 e. The first kappa shape index (κ1) is 20.0. The van der Waals surface area contributed by atoms with E-state index in [-0.39, 0.29) is 11.7 Å². The number of thioether (sulfide) groups is 1. The van der Waals surface area contributed by atoms with Crippen LogP contribution < -0.4 is 14.8 Å². The van der Waals surface area contributed by atoms with Gasteiger partial charge in [0.15, 0.2) is 22.5 Å². The lowest BCUT2D eigenvalue weighted by Gasteiger charge is -2.09. The first-order valence-electron chi connectivity index (χ1n) is 8.32. The third kappa shape index (κ3) is 4.58. The van der Waals surface area contributed by atoms with Crippen LogP contribution in [0, 0.1) is 0 Å². The molecule has 28 heavy (non-hydrogen) atoms. The van der Waals surface area contributed by atoms with Gasteiger partial charge in [0.25, 0.3) is 0 Å². The molecule has 1 aromatic heterocycles. The summed E-state index contributed by atoms with van der Waals surface area (Å²) in [7, 11) is 5.02. The average Bonchev–Trinajstić information content (AvgIpc) is 3.06. The van der Waals surface area contributed by atoms with Gasteiger partial charge in [-0.2, -0.15) is 0 Å². The fourth-order valence-electron chi connectivity index (χ4n) is 2.56. The number of hydrogen-bond acceptors (Lipinski definition) is 6. The van der Waals surface area contributed by atoms with Gasteiger partial charge < -0.3 is 19.4 Å². The Morgan fingerprint density at radius 3 is 2.64 bits per heavy atom. The Morgan fingerprint density at radius 2 is 1.93 bits per heavy atom. The van der Waals surface area contributed by atoms with Gasteiger partial charge in [0, 0.05) is 23.3 Å². The summed E-state index contributed by atoms with van der Waals surface area (Å²) < 4.78 is 12.4. The number of rotatable bonds is 7. The van der Waals surface area contributed by atoms with Crippen LogP contribution in [0.5, 0.6) is 11.5 Å². The van der Waals surface area contributed by atoms with Crippen molar-refractivity contribution in [3.8, 4) is 22.9 Å². The third-order valence-corrected chi connectivity index (χ3v) is 5.17. The molecular formula is C19H19ClN4O3S. The molecule has 0 unspecified atom stereocenters. The molecule has 0 bridgehead atoms. The van der Waals surface area contributed by atoms with E-state index in [1.807, 2.05) is 29.8 Å². The van der Waals surface area contributed by atoms with Gasteiger partial charge in [0.2, 0.25) is 5.91 Å². The van der Waals surface area contributed by atoms with Crippen molar-refractivity contribution >= 4 is 35.0 Å². The van der Waals surface area contributed by atoms with Crippen LogP contribution >= 0.6 is 23.4 Å². The molecule has 3 aromatic rings. The Morgan fingerprint density at radius 1 is 1.14 bits per heavy atom. The van der Waals surface area contributed by atoms with Crippen molar-refractivity contribution in [1.29, 1.82) is 0 Å². The summed E-state index contributed by atoms with van der Waals surface area (Å²) >= 11 is 7.23. The molecule has 0 fully saturated rings. The summed E-state index contributed by atoms with van der Waals surface area (Å²) in [5, 5.41) is 12.4. The molecule has 1 heterocycles. The van der Waals surface area contributed by atoms with Gasteiger partial charge in [0.1, 0.15) is 0 Å². The molecule has 3 rings (SSSR count). The van der Waals surface area contributed by atoms with Crippen LogP contribution in [0.15, 0.2) is 47.6 Å². The molecule has 1 amide bonds. The SMILES string of the molecule is COc1ccc(-c2nnc(SCC(=O)Nc3cccc(Cl)c3)n2C)cc1OC. The molecular weight excluding hydrogens is 400 g/mol. The maximum Gasteiger partial charge on any atom is 0.234 e. The average molecular weight is 419 g/mol. The monoisotopic (exact) mass is 418 g/mol. The van der Waals surface area contributed by atoms with E-state index >= 15 is 0 Å². The summed E-state index contributed by atoms with van der Waals surface area (Å²) in [5.41, 5.74) is 1.49. The van der Waals surface area contributed by atoms with Crippen LogP contribution in [0.3, 0.4) is 0 Å². The van der Waals surface area contributed by atoms with Crippen LogP contribution in [0.2, 0.25) is 5.02 Å². The second-order valence-electron chi connectivity index (χ2n) is 5.78. The van der Waals surface area contributed by atoms with E-state index in [2.05, 4.69) is 15.5 Å². The van der Waals surface area contributed by atoms with E-state index in [4.69, 9.17) is 21.1 Å². The van der Waals surface area contributed by atoms with E-state index < -0.39 is 0 Å². The first-order valence-corrected chi connectivity index (χ1v) is 9.68. The topological polar surface area (TPSA) is 78.3 Å². The van der Waals surface area contributed by atoms with Crippen LogP contribution in [0.25, 0.3) is 11.4 Å². The van der Waals surface area contributed by atoms with Gasteiger partial charge in [0.05, 0.1) is 20.0 Å². The predicted molar refractivity (Wildman–Crippen MR) is 110 cm³/mol. The number of ether oxygens (including phenoxy) is 2. The highest BCUT2D eigenvalue weighted by molar-refractivity contribution is 7.99. The number of aromatic nitrogens is 3. The number of benzene rings is 2. The van der Waals surface area contributed by atoms with Crippen LogP contribution in [0.1, 0.15) is 0 Å². The minimum atomic E-state index is -0.150. The van der Waals surface area contributed by atoms with E-state index in [1.165, 1.54) is 11.8 Å². The molecule has 0 aliphatic carbocycles. The minimum absolute atomic E-state index is 0.150. The smallest absolute Gasteiger partial charge is 0.234 e. The summed E-state index contributed by atoms with van der Waals surface area (Å²) in [6.45, 7) is 0. The normalized spacial score (nSPS) is 10.6. The van der Waals surface area contributed by atoms with Crippen molar-refractivity contribution in [3.05, 3.63) is 47.5 Å². The Hall–Kier alpha value is -2.71. The minimum Gasteiger partial charge on any atom is -0.493 e. The van der Waals surface area contributed by atoms with Crippen molar-refractivity contribution in [3.63, 3.8) is 0 Å². The molecule has 0 aliphatic rings. The van der Waals surface area contributed by atoms with Gasteiger partial charge in [-0.25, -0.2) is 0 Å². The highest BCUT2D eigenvalue weighted by Crippen LogP contribution is 2.32. The Kier molecular flexibility index (Phi) is 6.43. The van der Waals surface area contributed by atoms with Crippen LogP contribution in [0.4, 0.5) is 5.69 Å². The maximum absolute atomic E-state index is 12.2. The lowest BCUT2D eigenvalue weighted by molar-refractivity contribution is -0.113. The number of carbonyl (C=O) groups is 1. The van der Waals surface area contributed by atoms with Crippen LogP contribution in [-0.4, -0.2) is 40.6 Å². The van der Waals surface area contributed by atoms with Gasteiger partial charge in [-0.15, -0.1) is 10.2 Å². The fourth-order valence-corrected chi connectivity index (χ4v) is 3.46. The number of amides is 1. The number of anilines is 1. The van der Waals surface area contributed by atoms with Crippen molar-refractivity contribution in [2.45, 2.75) is 5.16 Å². The number of carbonyl (C=O) groups excluding carboxylic acids is 1. The third-order valence-electron chi connectivity index (χ3n) is 3.92. The molecule has 0 saturated carbocycles. The van der Waals surface area contributed by atoms with E-state index in [1.54, 1.807) is 38.5 Å². The lowest BCUT2D eigenvalue weighted by atomic mass is 10.2. The zero-order valence-corrected chi connectivity index (χ0v) is 17.2. The maximum atomic E-state index is 12.2. The summed E-state index contributed by atoms with van der Waals surface area (Å²) in [6.07, 6.45) is 0. The molecule has 0 atom stereocenters. The highest BCUT2D eigenvalue weighted by Gasteiger charge is 2.15. The zero-order chi connectivity index (χ0) is 20.1. The van der Waals surface area contributed by atoms with Crippen LogP contribution in [-0.2, 0) is 11.8 Å². The van der Waals surface area contributed by atoms with Crippen molar-refractivity contribution < 1.29 is 14.3 Å². The number of halogens is 1. The van der Waals surface area contributed by atoms with Gasteiger partial charge in [-0.3, -0.25) is 4.79 Å². The molecule has 9 heteroatoms. The number of hydrogen-bond donors (Lipinski definition) is 1. The zero-order valence-electron chi connectivity index (χ0n) is 15.6. The molecule has 1 N–H and O–H groups in total.